The van der Waals surface area contributed by atoms with Gasteiger partial charge in [-0.3, -0.25) is 4.99 Å². The van der Waals surface area contributed by atoms with Crippen molar-refractivity contribution in [2.75, 3.05) is 33.1 Å². The Morgan fingerprint density at radius 1 is 1.17 bits per heavy atom. The number of benzene rings is 2. The minimum Gasteiger partial charge on any atom is -0.381 e. The molecule has 0 amide bonds. The third-order valence-electron chi connectivity index (χ3n) is 5.62. The van der Waals surface area contributed by atoms with Crippen LogP contribution < -0.4 is 10.6 Å². The molecule has 0 radical (unpaired) electrons. The van der Waals surface area contributed by atoms with Crippen molar-refractivity contribution in [1.29, 1.82) is 0 Å². The van der Waals surface area contributed by atoms with Gasteiger partial charge in [-0.1, -0.05) is 36.4 Å². The number of sulfone groups is 1. The molecule has 1 fully saturated rings. The van der Waals surface area contributed by atoms with E-state index in [4.69, 9.17) is 4.74 Å². The lowest BCUT2D eigenvalue weighted by atomic mass is 9.99. The van der Waals surface area contributed by atoms with Gasteiger partial charge in [0.2, 0.25) is 0 Å². The summed E-state index contributed by atoms with van der Waals surface area (Å²) in [6.07, 6.45) is 2.31. The van der Waals surface area contributed by atoms with E-state index >= 15 is 0 Å². The van der Waals surface area contributed by atoms with E-state index in [0.717, 1.165) is 5.56 Å². The highest BCUT2D eigenvalue weighted by atomic mass is 127. The summed E-state index contributed by atoms with van der Waals surface area (Å²) in [5.41, 5.74) is 1.14. The SMILES string of the molecule is CN=C(NCC1(S(C)(=O)=O)CCOCC1)NC(C)c1ccc2ccccc2c1.I. The summed E-state index contributed by atoms with van der Waals surface area (Å²) >= 11 is 0. The molecule has 1 heterocycles. The number of aliphatic imine (C=N–C) groups is 1. The summed E-state index contributed by atoms with van der Waals surface area (Å²) < 4.78 is 29.4. The molecule has 3 rings (SSSR count). The molecular formula is C21H30IN3O3S. The van der Waals surface area contributed by atoms with Crippen LogP contribution in [0, 0.1) is 0 Å². The Morgan fingerprint density at radius 2 is 1.83 bits per heavy atom. The van der Waals surface area contributed by atoms with Crippen LogP contribution in [0.25, 0.3) is 10.8 Å². The number of ether oxygens (including phenoxy) is 1. The maximum absolute atomic E-state index is 12.4. The molecule has 0 bridgehead atoms. The van der Waals surface area contributed by atoms with Crippen molar-refractivity contribution >= 4 is 50.5 Å². The molecular weight excluding hydrogens is 501 g/mol. The molecule has 160 valence electrons. The first kappa shape index (κ1) is 23.9. The summed E-state index contributed by atoms with van der Waals surface area (Å²) in [6.45, 7) is 3.32. The average molecular weight is 531 g/mol. The minimum atomic E-state index is -3.22. The van der Waals surface area contributed by atoms with E-state index in [9.17, 15) is 8.42 Å². The van der Waals surface area contributed by atoms with Crippen LogP contribution in [0.4, 0.5) is 0 Å². The Balaban J connectivity index is 0.00000300. The maximum atomic E-state index is 12.4. The fourth-order valence-corrected chi connectivity index (χ4v) is 4.87. The predicted molar refractivity (Wildman–Crippen MR) is 130 cm³/mol. The number of guanidine groups is 1. The normalized spacial score (nSPS) is 18.0. The van der Waals surface area contributed by atoms with Crippen molar-refractivity contribution < 1.29 is 13.2 Å². The van der Waals surface area contributed by atoms with Gasteiger partial charge >= 0.3 is 0 Å². The minimum absolute atomic E-state index is 0. The monoisotopic (exact) mass is 531 g/mol. The van der Waals surface area contributed by atoms with E-state index < -0.39 is 14.6 Å². The second-order valence-electron chi connectivity index (χ2n) is 7.47. The van der Waals surface area contributed by atoms with E-state index in [1.54, 1.807) is 7.05 Å². The number of hydrogen-bond donors (Lipinski definition) is 2. The second kappa shape index (κ2) is 10.1. The highest BCUT2D eigenvalue weighted by Gasteiger charge is 2.42. The van der Waals surface area contributed by atoms with Crippen LogP contribution in [-0.2, 0) is 14.6 Å². The van der Waals surface area contributed by atoms with Crippen molar-refractivity contribution in [2.45, 2.75) is 30.6 Å². The van der Waals surface area contributed by atoms with Crippen LogP contribution in [-0.4, -0.2) is 52.2 Å². The third kappa shape index (κ3) is 5.61. The smallest absolute Gasteiger partial charge is 0.191 e. The van der Waals surface area contributed by atoms with Gasteiger partial charge in [0.1, 0.15) is 0 Å². The van der Waals surface area contributed by atoms with E-state index in [1.807, 2.05) is 12.1 Å². The van der Waals surface area contributed by atoms with Crippen molar-refractivity contribution in [3.05, 3.63) is 48.0 Å². The highest BCUT2D eigenvalue weighted by molar-refractivity contribution is 14.0. The molecule has 0 aromatic heterocycles. The second-order valence-corrected chi connectivity index (χ2v) is 9.88. The lowest BCUT2D eigenvalue weighted by Crippen LogP contribution is -2.53. The van der Waals surface area contributed by atoms with Crippen molar-refractivity contribution in [3.8, 4) is 0 Å². The molecule has 0 aliphatic carbocycles. The molecule has 2 aromatic rings. The molecule has 0 saturated carbocycles. The van der Waals surface area contributed by atoms with Crippen molar-refractivity contribution in [2.24, 2.45) is 4.99 Å². The number of halogens is 1. The Hall–Kier alpha value is -1.39. The van der Waals surface area contributed by atoms with E-state index in [-0.39, 0.29) is 30.0 Å². The fourth-order valence-electron chi connectivity index (χ4n) is 3.63. The number of fused-ring (bicyclic) bond motifs is 1. The van der Waals surface area contributed by atoms with Crippen LogP contribution in [0.15, 0.2) is 47.5 Å². The van der Waals surface area contributed by atoms with Gasteiger partial charge in [-0.25, -0.2) is 8.42 Å². The van der Waals surface area contributed by atoms with Gasteiger partial charge < -0.3 is 15.4 Å². The number of nitrogens with zero attached hydrogens (tertiary/aromatic N) is 1. The van der Waals surface area contributed by atoms with Gasteiger partial charge in [0.15, 0.2) is 15.8 Å². The molecule has 2 N–H and O–H groups in total. The molecule has 29 heavy (non-hydrogen) atoms. The molecule has 1 saturated heterocycles. The van der Waals surface area contributed by atoms with Gasteiger partial charge in [0, 0.05) is 33.1 Å². The van der Waals surface area contributed by atoms with Crippen LogP contribution in [0.2, 0.25) is 0 Å². The number of rotatable bonds is 5. The summed E-state index contributed by atoms with van der Waals surface area (Å²) in [6, 6.07) is 14.7. The summed E-state index contributed by atoms with van der Waals surface area (Å²) in [7, 11) is -1.53. The zero-order chi connectivity index (χ0) is 20.2. The molecule has 1 unspecified atom stereocenters. The first-order valence-corrected chi connectivity index (χ1v) is 11.5. The van der Waals surface area contributed by atoms with Crippen LogP contribution in [0.1, 0.15) is 31.4 Å². The standard InChI is InChI=1S/C21H29N3O3S.HI/c1-16(18-9-8-17-6-4-5-7-19(17)14-18)24-20(22-2)23-15-21(28(3,25)26)10-12-27-13-11-21;/h4-9,14,16H,10-13,15H2,1-3H3,(H2,22,23,24);1H. The number of nitrogens with one attached hydrogen (secondary N) is 2. The Labute approximate surface area is 190 Å². The summed E-state index contributed by atoms with van der Waals surface area (Å²) in [5, 5.41) is 8.99. The Bertz CT molecular complexity index is 957. The lowest BCUT2D eigenvalue weighted by molar-refractivity contribution is 0.0756. The van der Waals surface area contributed by atoms with Gasteiger partial charge in [0.25, 0.3) is 0 Å². The van der Waals surface area contributed by atoms with E-state index in [0.29, 0.717) is 38.6 Å². The molecule has 0 spiro atoms. The topological polar surface area (TPSA) is 79.8 Å². The van der Waals surface area contributed by atoms with Crippen molar-refractivity contribution in [1.82, 2.24) is 10.6 Å². The first-order chi connectivity index (χ1) is 13.3. The van der Waals surface area contributed by atoms with Gasteiger partial charge in [-0.05, 0) is 42.2 Å². The fraction of sp³-hybridized carbons (Fsp3) is 0.476. The molecule has 1 aliphatic heterocycles. The predicted octanol–water partition coefficient (Wildman–Crippen LogP) is 3.28. The summed E-state index contributed by atoms with van der Waals surface area (Å²) in [5.74, 6) is 0.593. The molecule has 1 aliphatic rings. The van der Waals surface area contributed by atoms with Crippen LogP contribution in [0.5, 0.6) is 0 Å². The third-order valence-corrected chi connectivity index (χ3v) is 7.74. The molecule has 8 heteroatoms. The van der Waals surface area contributed by atoms with Gasteiger partial charge in [-0.2, -0.15) is 0 Å². The molecule has 1 atom stereocenters. The van der Waals surface area contributed by atoms with E-state index in [1.165, 1.54) is 17.0 Å². The molecule has 6 nitrogen and oxygen atoms in total. The van der Waals surface area contributed by atoms with Crippen LogP contribution >= 0.6 is 24.0 Å². The Morgan fingerprint density at radius 3 is 2.45 bits per heavy atom. The zero-order valence-electron chi connectivity index (χ0n) is 17.1. The maximum Gasteiger partial charge on any atom is 0.191 e. The number of hydrogen-bond acceptors (Lipinski definition) is 4. The zero-order valence-corrected chi connectivity index (χ0v) is 20.3. The largest absolute Gasteiger partial charge is 0.381 e. The lowest BCUT2D eigenvalue weighted by Gasteiger charge is -2.36. The first-order valence-electron chi connectivity index (χ1n) is 9.58. The van der Waals surface area contributed by atoms with Crippen molar-refractivity contribution in [3.63, 3.8) is 0 Å². The quantitative estimate of drug-likeness (QED) is 0.352. The Kier molecular flexibility index (Phi) is 8.30. The molecule has 2 aromatic carbocycles. The highest BCUT2D eigenvalue weighted by Crippen LogP contribution is 2.28. The van der Waals surface area contributed by atoms with Crippen LogP contribution in [0.3, 0.4) is 0 Å². The van der Waals surface area contributed by atoms with E-state index in [2.05, 4.69) is 52.9 Å². The van der Waals surface area contributed by atoms with Gasteiger partial charge in [-0.15, -0.1) is 24.0 Å². The summed E-state index contributed by atoms with van der Waals surface area (Å²) in [4.78, 5) is 4.28. The van der Waals surface area contributed by atoms with Gasteiger partial charge in [0.05, 0.1) is 10.8 Å². The average Bonchev–Trinajstić information content (AvgIpc) is 2.70.